The molecular weight excluding hydrogens is 198 g/mol. The van der Waals surface area contributed by atoms with Gasteiger partial charge in [-0.25, -0.2) is 0 Å². The molecule has 2 nitrogen and oxygen atoms in total. The first-order valence-corrected chi connectivity index (χ1v) is 6.75. The van der Waals surface area contributed by atoms with Gasteiger partial charge >= 0.3 is 0 Å². The molecule has 0 aromatic heterocycles. The molecular formula is C14H19NO. The number of hydrogen-bond donors (Lipinski definition) is 1. The molecule has 0 aromatic rings. The van der Waals surface area contributed by atoms with Crippen LogP contribution in [-0.4, -0.2) is 10.9 Å². The van der Waals surface area contributed by atoms with Gasteiger partial charge in [-0.15, -0.1) is 0 Å². The summed E-state index contributed by atoms with van der Waals surface area (Å²) in [6.45, 7) is 0. The zero-order valence-corrected chi connectivity index (χ0v) is 9.60. The van der Waals surface area contributed by atoms with Crippen molar-refractivity contribution >= 4 is 5.71 Å². The van der Waals surface area contributed by atoms with E-state index in [1.165, 1.54) is 44.2 Å². The summed E-state index contributed by atoms with van der Waals surface area (Å²) in [5.41, 5.74) is 1.47. The standard InChI is InChI=1S/C14H19NO/c16-15-13-10-3-6-12(7-10)14(13)8-9-1-4-11(14)5-2-9/h1,4,9-12,16H,2-3,5-8H2/b15-13-/t9?,10-,11?,12+,14?/m1/s1. The normalized spacial score (nSPS) is 55.6. The molecule has 0 amide bonds. The lowest BCUT2D eigenvalue weighted by Crippen LogP contribution is -2.48. The number of oxime groups is 1. The highest BCUT2D eigenvalue weighted by Gasteiger charge is 2.61. The van der Waals surface area contributed by atoms with Crippen molar-refractivity contribution in [1.82, 2.24) is 0 Å². The minimum absolute atomic E-state index is 0.287. The Morgan fingerprint density at radius 1 is 1.19 bits per heavy atom. The van der Waals surface area contributed by atoms with Crippen LogP contribution in [-0.2, 0) is 0 Å². The lowest BCUT2D eigenvalue weighted by atomic mass is 9.53. The Morgan fingerprint density at radius 3 is 2.75 bits per heavy atom. The van der Waals surface area contributed by atoms with Crippen LogP contribution < -0.4 is 0 Å². The van der Waals surface area contributed by atoms with Crippen LogP contribution >= 0.6 is 0 Å². The van der Waals surface area contributed by atoms with E-state index in [2.05, 4.69) is 17.3 Å². The smallest absolute Gasteiger partial charge is 0.0672 e. The Bertz CT molecular complexity index is 386. The molecule has 2 heteroatoms. The van der Waals surface area contributed by atoms with E-state index in [0.717, 1.165) is 11.8 Å². The van der Waals surface area contributed by atoms with Gasteiger partial charge in [0.1, 0.15) is 0 Å². The fourth-order valence-electron chi connectivity index (χ4n) is 5.29. The zero-order valence-electron chi connectivity index (χ0n) is 9.60. The minimum Gasteiger partial charge on any atom is -0.411 e. The molecule has 5 rings (SSSR count). The molecule has 1 N–H and O–H groups in total. The fourth-order valence-corrected chi connectivity index (χ4v) is 5.29. The van der Waals surface area contributed by atoms with Crippen molar-refractivity contribution in [3.8, 4) is 0 Å². The van der Waals surface area contributed by atoms with E-state index >= 15 is 0 Å². The Labute approximate surface area is 96.4 Å². The van der Waals surface area contributed by atoms with Crippen LogP contribution in [0.5, 0.6) is 0 Å². The highest BCUT2D eigenvalue weighted by molar-refractivity contribution is 5.96. The summed E-state index contributed by atoms with van der Waals surface area (Å²) in [6, 6.07) is 0. The van der Waals surface area contributed by atoms with Gasteiger partial charge in [-0.05, 0) is 56.3 Å². The molecule has 86 valence electrons. The predicted molar refractivity (Wildman–Crippen MR) is 62.5 cm³/mol. The summed E-state index contributed by atoms with van der Waals surface area (Å²) < 4.78 is 0. The second kappa shape index (κ2) is 2.91. The van der Waals surface area contributed by atoms with Gasteiger partial charge in [0, 0.05) is 11.3 Å². The predicted octanol–water partition coefficient (Wildman–Crippen LogP) is 3.22. The van der Waals surface area contributed by atoms with Gasteiger partial charge in [-0.1, -0.05) is 17.3 Å². The third-order valence-electron chi connectivity index (χ3n) is 5.86. The van der Waals surface area contributed by atoms with Gasteiger partial charge in [0.05, 0.1) is 5.71 Å². The number of nitrogens with zero attached hydrogens (tertiary/aromatic N) is 1. The monoisotopic (exact) mass is 217 g/mol. The van der Waals surface area contributed by atoms with Gasteiger partial charge in [0.15, 0.2) is 0 Å². The van der Waals surface area contributed by atoms with E-state index in [-0.39, 0.29) is 5.41 Å². The van der Waals surface area contributed by atoms with E-state index in [0.29, 0.717) is 11.8 Å². The van der Waals surface area contributed by atoms with Gasteiger partial charge < -0.3 is 5.21 Å². The largest absolute Gasteiger partial charge is 0.411 e. The van der Waals surface area contributed by atoms with E-state index in [1.807, 2.05) is 0 Å². The summed E-state index contributed by atoms with van der Waals surface area (Å²) in [6.07, 6.45) is 12.8. The maximum absolute atomic E-state index is 9.40. The first-order chi connectivity index (χ1) is 7.84. The first-order valence-electron chi connectivity index (χ1n) is 6.75. The first kappa shape index (κ1) is 9.26. The number of rotatable bonds is 0. The summed E-state index contributed by atoms with van der Waals surface area (Å²) in [4.78, 5) is 0. The SMILES string of the molecule is O/N=C1/[C@@H]2CC[C@@H](C2)C12CC1C=CC2CC1. The van der Waals surface area contributed by atoms with Crippen molar-refractivity contribution in [2.24, 2.45) is 34.2 Å². The molecule has 3 fully saturated rings. The fraction of sp³-hybridized carbons (Fsp3) is 0.786. The number of fused-ring (bicyclic) bond motifs is 3. The van der Waals surface area contributed by atoms with Crippen molar-refractivity contribution in [3.05, 3.63) is 12.2 Å². The average molecular weight is 217 g/mol. The van der Waals surface area contributed by atoms with Gasteiger partial charge in [-0.2, -0.15) is 0 Å². The lowest BCUT2D eigenvalue weighted by Gasteiger charge is -2.51. The molecule has 0 radical (unpaired) electrons. The zero-order chi connectivity index (χ0) is 10.8. The van der Waals surface area contributed by atoms with Crippen LogP contribution in [0.15, 0.2) is 17.3 Å². The molecule has 3 saturated carbocycles. The van der Waals surface area contributed by atoms with Crippen LogP contribution in [0.3, 0.4) is 0 Å². The molecule has 0 aromatic carbocycles. The number of hydrogen-bond acceptors (Lipinski definition) is 2. The van der Waals surface area contributed by atoms with Crippen LogP contribution in [0, 0.1) is 29.1 Å². The Morgan fingerprint density at radius 2 is 2.12 bits per heavy atom. The van der Waals surface area contributed by atoms with Gasteiger partial charge in [0.25, 0.3) is 0 Å². The highest BCUT2D eigenvalue weighted by atomic mass is 16.4. The molecule has 16 heavy (non-hydrogen) atoms. The summed E-state index contributed by atoms with van der Waals surface area (Å²) in [5, 5.41) is 13.1. The second-order valence-electron chi connectivity index (χ2n) is 6.27. The summed E-state index contributed by atoms with van der Waals surface area (Å²) in [5.74, 6) is 2.88. The molecule has 0 aliphatic heterocycles. The summed E-state index contributed by atoms with van der Waals surface area (Å²) >= 11 is 0. The third kappa shape index (κ3) is 0.884. The molecule has 0 heterocycles. The lowest BCUT2D eigenvalue weighted by molar-refractivity contribution is 0.0972. The van der Waals surface area contributed by atoms with E-state index in [1.54, 1.807) is 0 Å². The quantitative estimate of drug-likeness (QED) is 0.377. The molecule has 0 saturated heterocycles. The van der Waals surface area contributed by atoms with Crippen molar-refractivity contribution in [1.29, 1.82) is 0 Å². The van der Waals surface area contributed by atoms with Crippen molar-refractivity contribution in [2.75, 3.05) is 0 Å². The van der Waals surface area contributed by atoms with Gasteiger partial charge in [0.2, 0.25) is 0 Å². The highest BCUT2D eigenvalue weighted by Crippen LogP contribution is 2.64. The second-order valence-corrected chi connectivity index (χ2v) is 6.27. The Kier molecular flexibility index (Phi) is 1.68. The van der Waals surface area contributed by atoms with Crippen molar-refractivity contribution in [2.45, 2.75) is 38.5 Å². The number of allylic oxidation sites excluding steroid dienone is 2. The molecule has 5 aliphatic rings. The minimum atomic E-state index is 0.287. The third-order valence-corrected chi connectivity index (χ3v) is 5.86. The maximum Gasteiger partial charge on any atom is 0.0672 e. The van der Waals surface area contributed by atoms with Crippen LogP contribution in [0.4, 0.5) is 0 Å². The van der Waals surface area contributed by atoms with Crippen LogP contribution in [0.1, 0.15) is 38.5 Å². The molecule has 4 bridgehead atoms. The Hall–Kier alpha value is -0.790. The average Bonchev–Trinajstić information content (AvgIpc) is 2.90. The molecule has 5 aliphatic carbocycles. The van der Waals surface area contributed by atoms with Crippen LogP contribution in [0.25, 0.3) is 0 Å². The summed E-state index contributed by atoms with van der Waals surface area (Å²) in [7, 11) is 0. The maximum atomic E-state index is 9.40. The molecule has 1 spiro atoms. The Balaban J connectivity index is 1.84. The topological polar surface area (TPSA) is 32.6 Å². The van der Waals surface area contributed by atoms with Crippen LogP contribution in [0.2, 0.25) is 0 Å². The molecule has 3 unspecified atom stereocenters. The van der Waals surface area contributed by atoms with Gasteiger partial charge in [-0.3, -0.25) is 0 Å². The van der Waals surface area contributed by atoms with E-state index in [9.17, 15) is 5.21 Å². The molecule has 5 atom stereocenters. The van der Waals surface area contributed by atoms with E-state index in [4.69, 9.17) is 0 Å². The van der Waals surface area contributed by atoms with E-state index < -0.39 is 0 Å². The van der Waals surface area contributed by atoms with Crippen molar-refractivity contribution in [3.63, 3.8) is 0 Å². The van der Waals surface area contributed by atoms with Crippen molar-refractivity contribution < 1.29 is 5.21 Å².